The molecule has 0 N–H and O–H groups in total. The molecule has 0 saturated heterocycles. The van der Waals surface area contributed by atoms with Crippen molar-refractivity contribution in [2.45, 2.75) is 19.8 Å². The van der Waals surface area contributed by atoms with Crippen LogP contribution >= 0.6 is 11.8 Å². The molecule has 10 heavy (non-hydrogen) atoms. The first kappa shape index (κ1) is 7.99. The summed E-state index contributed by atoms with van der Waals surface area (Å²) < 4.78 is 0. The average Bonchev–Trinajstić information content (AvgIpc) is 1.88. The van der Waals surface area contributed by atoms with Gasteiger partial charge in [0.1, 0.15) is 0 Å². The molecular weight excluding hydrogens is 142 g/mol. The highest BCUT2D eigenvalue weighted by Crippen LogP contribution is 2.27. The van der Waals surface area contributed by atoms with E-state index in [1.54, 1.807) is 5.57 Å². The fourth-order valence-electron chi connectivity index (χ4n) is 1.45. The van der Waals surface area contributed by atoms with Crippen LogP contribution in [0.5, 0.6) is 0 Å². The average molecular weight is 157 g/mol. The summed E-state index contributed by atoms with van der Waals surface area (Å²) in [5.74, 6) is 0. The van der Waals surface area contributed by atoms with E-state index in [4.69, 9.17) is 0 Å². The van der Waals surface area contributed by atoms with Gasteiger partial charge >= 0.3 is 0 Å². The standard InChI is InChI=1S/C8H15NS/c1-7-5-4-6-9(2)8(7)10-3/h4-6H2,1-3H3. The van der Waals surface area contributed by atoms with E-state index in [-0.39, 0.29) is 0 Å². The lowest BCUT2D eigenvalue weighted by Gasteiger charge is -2.27. The van der Waals surface area contributed by atoms with E-state index in [1.807, 2.05) is 11.8 Å². The molecule has 58 valence electrons. The fraction of sp³-hybridized carbons (Fsp3) is 0.750. The minimum atomic E-state index is 1.23. The van der Waals surface area contributed by atoms with Crippen LogP contribution in [-0.2, 0) is 0 Å². The van der Waals surface area contributed by atoms with E-state index in [0.29, 0.717) is 0 Å². The largest absolute Gasteiger partial charge is 0.369 e. The van der Waals surface area contributed by atoms with Gasteiger partial charge in [0.25, 0.3) is 0 Å². The summed E-state index contributed by atoms with van der Waals surface area (Å²) in [6, 6.07) is 0. The van der Waals surface area contributed by atoms with Gasteiger partial charge in [-0.25, -0.2) is 0 Å². The Morgan fingerprint density at radius 3 is 2.60 bits per heavy atom. The molecule has 0 aliphatic carbocycles. The summed E-state index contributed by atoms with van der Waals surface area (Å²) in [6.07, 6.45) is 4.77. The lowest BCUT2D eigenvalue weighted by molar-refractivity contribution is 0.406. The molecule has 0 atom stereocenters. The van der Waals surface area contributed by atoms with Gasteiger partial charge in [0.15, 0.2) is 0 Å². The number of nitrogens with zero attached hydrogens (tertiary/aromatic N) is 1. The zero-order valence-corrected chi connectivity index (χ0v) is 7.79. The molecule has 0 unspecified atom stereocenters. The van der Waals surface area contributed by atoms with E-state index in [9.17, 15) is 0 Å². The zero-order chi connectivity index (χ0) is 7.56. The van der Waals surface area contributed by atoms with Crippen molar-refractivity contribution in [3.63, 3.8) is 0 Å². The van der Waals surface area contributed by atoms with Crippen LogP contribution in [-0.4, -0.2) is 24.7 Å². The summed E-state index contributed by atoms with van der Waals surface area (Å²) in [4.78, 5) is 2.35. The first-order valence-corrected chi connectivity index (χ1v) is 4.93. The maximum atomic E-state index is 2.35. The molecule has 1 heterocycles. The van der Waals surface area contributed by atoms with Crippen LogP contribution in [0.2, 0.25) is 0 Å². The summed E-state index contributed by atoms with van der Waals surface area (Å²) in [5, 5.41) is 1.48. The molecule has 0 saturated carbocycles. The number of hydrogen-bond donors (Lipinski definition) is 0. The van der Waals surface area contributed by atoms with E-state index < -0.39 is 0 Å². The van der Waals surface area contributed by atoms with Crippen LogP contribution < -0.4 is 0 Å². The quantitative estimate of drug-likeness (QED) is 0.574. The van der Waals surface area contributed by atoms with Crippen LogP contribution in [0.1, 0.15) is 19.8 Å². The van der Waals surface area contributed by atoms with Gasteiger partial charge in [-0.15, -0.1) is 11.8 Å². The monoisotopic (exact) mass is 157 g/mol. The number of allylic oxidation sites excluding steroid dienone is 1. The van der Waals surface area contributed by atoms with Crippen molar-refractivity contribution in [1.82, 2.24) is 4.90 Å². The molecule has 2 heteroatoms. The van der Waals surface area contributed by atoms with E-state index >= 15 is 0 Å². The highest BCUT2D eigenvalue weighted by atomic mass is 32.2. The maximum absolute atomic E-state index is 2.35. The smallest absolute Gasteiger partial charge is 0.0691 e. The second kappa shape index (κ2) is 3.33. The van der Waals surface area contributed by atoms with Crippen LogP contribution in [0.25, 0.3) is 0 Å². The van der Waals surface area contributed by atoms with Gasteiger partial charge < -0.3 is 4.90 Å². The zero-order valence-electron chi connectivity index (χ0n) is 6.98. The lowest BCUT2D eigenvalue weighted by Crippen LogP contribution is -2.22. The van der Waals surface area contributed by atoms with Crippen molar-refractivity contribution in [1.29, 1.82) is 0 Å². The number of thioether (sulfide) groups is 1. The van der Waals surface area contributed by atoms with Gasteiger partial charge in [0, 0.05) is 13.6 Å². The topological polar surface area (TPSA) is 3.24 Å². The molecule has 0 aromatic rings. The second-order valence-electron chi connectivity index (χ2n) is 2.81. The minimum absolute atomic E-state index is 1.23. The Hall–Kier alpha value is -0.110. The molecule has 1 aliphatic rings. The van der Waals surface area contributed by atoms with Gasteiger partial charge in [-0.2, -0.15) is 0 Å². The van der Waals surface area contributed by atoms with E-state index in [1.165, 1.54) is 24.4 Å². The van der Waals surface area contributed by atoms with Crippen molar-refractivity contribution in [3.8, 4) is 0 Å². The molecular formula is C8H15NS. The molecule has 1 aliphatic heterocycles. The lowest BCUT2D eigenvalue weighted by atomic mass is 10.1. The third-order valence-electron chi connectivity index (χ3n) is 1.95. The predicted octanol–water partition coefficient (Wildman–Crippen LogP) is 2.31. The van der Waals surface area contributed by atoms with Crippen LogP contribution in [0.3, 0.4) is 0 Å². The molecule has 0 spiro atoms. The SMILES string of the molecule is CSC1=C(C)CCCN1C. The predicted molar refractivity (Wildman–Crippen MR) is 48.1 cm³/mol. The summed E-state index contributed by atoms with van der Waals surface area (Å²) in [5.41, 5.74) is 1.56. The van der Waals surface area contributed by atoms with Gasteiger partial charge in [0.05, 0.1) is 5.03 Å². The molecule has 0 amide bonds. The Kier molecular flexibility index (Phi) is 2.66. The van der Waals surface area contributed by atoms with E-state index in [0.717, 1.165) is 0 Å². The van der Waals surface area contributed by atoms with Crippen molar-refractivity contribution in [3.05, 3.63) is 10.6 Å². The van der Waals surface area contributed by atoms with Gasteiger partial charge in [-0.3, -0.25) is 0 Å². The Labute approximate surface area is 67.5 Å². The van der Waals surface area contributed by atoms with Gasteiger partial charge in [-0.1, -0.05) is 0 Å². The highest BCUT2D eigenvalue weighted by Gasteiger charge is 2.11. The summed E-state index contributed by atoms with van der Waals surface area (Å²) >= 11 is 1.87. The molecule has 0 aromatic heterocycles. The van der Waals surface area contributed by atoms with Crippen molar-refractivity contribution in [2.24, 2.45) is 0 Å². The first-order chi connectivity index (χ1) is 4.75. The van der Waals surface area contributed by atoms with Crippen LogP contribution in [0.15, 0.2) is 10.6 Å². The normalized spacial score (nSPS) is 20.1. The Morgan fingerprint density at radius 1 is 1.50 bits per heavy atom. The molecule has 1 rings (SSSR count). The Morgan fingerprint density at radius 2 is 2.20 bits per heavy atom. The van der Waals surface area contributed by atoms with Gasteiger partial charge in [-0.05, 0) is 31.6 Å². The number of hydrogen-bond acceptors (Lipinski definition) is 2. The third kappa shape index (κ3) is 1.48. The number of rotatable bonds is 1. The molecule has 0 aromatic carbocycles. The van der Waals surface area contributed by atoms with Crippen molar-refractivity contribution >= 4 is 11.8 Å². The molecule has 0 bridgehead atoms. The Balaban J connectivity index is 2.73. The minimum Gasteiger partial charge on any atom is -0.369 e. The van der Waals surface area contributed by atoms with Crippen molar-refractivity contribution in [2.75, 3.05) is 19.8 Å². The van der Waals surface area contributed by atoms with E-state index in [2.05, 4.69) is 25.1 Å². The molecule has 0 fully saturated rings. The summed E-state index contributed by atoms with van der Waals surface area (Å²) in [7, 11) is 2.18. The highest BCUT2D eigenvalue weighted by molar-refractivity contribution is 8.02. The maximum Gasteiger partial charge on any atom is 0.0691 e. The third-order valence-corrected chi connectivity index (χ3v) is 3.00. The second-order valence-corrected chi connectivity index (χ2v) is 3.61. The van der Waals surface area contributed by atoms with Crippen molar-refractivity contribution < 1.29 is 0 Å². The van der Waals surface area contributed by atoms with Crippen LogP contribution in [0.4, 0.5) is 0 Å². The summed E-state index contributed by atoms with van der Waals surface area (Å²) in [6.45, 7) is 3.47. The molecule has 0 radical (unpaired) electrons. The Bertz CT molecular complexity index is 151. The first-order valence-electron chi connectivity index (χ1n) is 3.70. The fourth-order valence-corrected chi connectivity index (χ4v) is 2.30. The van der Waals surface area contributed by atoms with Gasteiger partial charge in [0.2, 0.25) is 0 Å². The van der Waals surface area contributed by atoms with Crippen LogP contribution in [0, 0.1) is 0 Å². The molecule has 1 nitrogen and oxygen atoms in total.